The van der Waals surface area contributed by atoms with Gasteiger partial charge < -0.3 is 10.6 Å². The van der Waals surface area contributed by atoms with Crippen LogP contribution in [-0.2, 0) is 17.6 Å². The summed E-state index contributed by atoms with van der Waals surface area (Å²) >= 11 is 0. The van der Waals surface area contributed by atoms with Crippen molar-refractivity contribution in [3.05, 3.63) is 69.8 Å². The summed E-state index contributed by atoms with van der Waals surface area (Å²) in [6.07, 6.45) is 3.59. The third-order valence-corrected chi connectivity index (χ3v) is 4.45. The number of nitrogens with one attached hydrogen (secondary N) is 2. The number of nitro groups is 1. The Labute approximate surface area is 146 Å². The molecule has 6 nitrogen and oxygen atoms in total. The maximum absolute atomic E-state index is 12.1. The van der Waals surface area contributed by atoms with E-state index in [0.29, 0.717) is 0 Å². The fourth-order valence-corrected chi connectivity index (χ4v) is 2.97. The number of nitrogens with zero attached hydrogens (tertiary/aromatic N) is 1. The van der Waals surface area contributed by atoms with Gasteiger partial charge in [-0.3, -0.25) is 14.9 Å². The second-order valence-corrected chi connectivity index (χ2v) is 6.26. The van der Waals surface area contributed by atoms with E-state index in [9.17, 15) is 14.9 Å². The van der Waals surface area contributed by atoms with Crippen LogP contribution in [0.4, 0.5) is 11.4 Å². The molecule has 1 atom stereocenters. The number of non-ortho nitro benzene ring substituents is 1. The minimum absolute atomic E-state index is 0.0242. The van der Waals surface area contributed by atoms with Crippen LogP contribution in [0.2, 0.25) is 0 Å². The van der Waals surface area contributed by atoms with E-state index in [4.69, 9.17) is 0 Å². The molecule has 1 unspecified atom stereocenters. The lowest BCUT2D eigenvalue weighted by Crippen LogP contribution is -2.35. The highest BCUT2D eigenvalue weighted by Gasteiger charge is 2.21. The third kappa shape index (κ3) is 4.64. The van der Waals surface area contributed by atoms with E-state index in [1.165, 1.54) is 12.1 Å². The minimum atomic E-state index is -0.391. The monoisotopic (exact) mass is 339 g/mol. The molecule has 2 N–H and O–H groups in total. The molecule has 2 aromatic rings. The van der Waals surface area contributed by atoms with Crippen molar-refractivity contribution < 1.29 is 9.72 Å². The highest BCUT2D eigenvalue weighted by atomic mass is 16.6. The summed E-state index contributed by atoms with van der Waals surface area (Å²) in [6, 6.07) is 14.4. The average molecular weight is 339 g/mol. The van der Waals surface area contributed by atoms with Gasteiger partial charge in [-0.2, -0.15) is 0 Å². The summed E-state index contributed by atoms with van der Waals surface area (Å²) in [7, 11) is 0. The molecule has 1 heterocycles. The molecule has 1 aliphatic rings. The lowest BCUT2D eigenvalue weighted by atomic mass is 10.0. The molecule has 6 heteroatoms. The molecule has 0 bridgehead atoms. The lowest BCUT2D eigenvalue weighted by molar-refractivity contribution is -0.384. The van der Waals surface area contributed by atoms with Crippen LogP contribution in [0.5, 0.6) is 0 Å². The number of rotatable bonds is 6. The second-order valence-electron chi connectivity index (χ2n) is 6.26. The first-order valence-corrected chi connectivity index (χ1v) is 8.48. The molecule has 0 aliphatic carbocycles. The number of benzene rings is 2. The highest BCUT2D eigenvalue weighted by Crippen LogP contribution is 2.16. The smallest absolute Gasteiger partial charge is 0.269 e. The van der Waals surface area contributed by atoms with E-state index in [1.807, 2.05) is 24.3 Å². The van der Waals surface area contributed by atoms with Crippen molar-refractivity contribution in [1.82, 2.24) is 5.32 Å². The van der Waals surface area contributed by atoms with Gasteiger partial charge in [0.05, 0.1) is 11.0 Å². The van der Waals surface area contributed by atoms with Gasteiger partial charge in [0.15, 0.2) is 0 Å². The molecule has 1 amide bonds. The van der Waals surface area contributed by atoms with Crippen molar-refractivity contribution in [3.8, 4) is 0 Å². The normalized spacial score (nSPS) is 16.6. The summed E-state index contributed by atoms with van der Waals surface area (Å²) in [5, 5.41) is 16.8. The van der Waals surface area contributed by atoms with E-state index in [-0.39, 0.29) is 17.6 Å². The number of amides is 1. The zero-order valence-corrected chi connectivity index (χ0v) is 13.9. The van der Waals surface area contributed by atoms with Gasteiger partial charge in [0.25, 0.3) is 5.69 Å². The van der Waals surface area contributed by atoms with E-state index in [2.05, 4.69) is 10.6 Å². The van der Waals surface area contributed by atoms with Crippen molar-refractivity contribution in [2.24, 2.45) is 0 Å². The third-order valence-electron chi connectivity index (χ3n) is 4.45. The van der Waals surface area contributed by atoms with Crippen molar-refractivity contribution in [1.29, 1.82) is 0 Å². The number of anilines is 1. The summed E-state index contributed by atoms with van der Waals surface area (Å²) in [4.78, 5) is 22.3. The number of hydrogen-bond donors (Lipinski definition) is 2. The summed E-state index contributed by atoms with van der Waals surface area (Å²) in [5.41, 5.74) is 3.14. The van der Waals surface area contributed by atoms with Crippen LogP contribution in [0.25, 0.3) is 0 Å². The quantitative estimate of drug-likeness (QED) is 0.626. The van der Waals surface area contributed by atoms with Gasteiger partial charge in [0.1, 0.15) is 0 Å². The summed E-state index contributed by atoms with van der Waals surface area (Å²) in [6.45, 7) is 0.902. The maximum atomic E-state index is 12.1. The van der Waals surface area contributed by atoms with E-state index in [1.54, 1.807) is 12.1 Å². The first kappa shape index (κ1) is 17.1. The molecule has 0 aromatic heterocycles. The Morgan fingerprint density at radius 3 is 2.20 bits per heavy atom. The molecule has 25 heavy (non-hydrogen) atoms. The number of nitro benzene ring substituents is 1. The fraction of sp³-hybridized carbons (Fsp3) is 0.316. The van der Waals surface area contributed by atoms with E-state index >= 15 is 0 Å². The first-order chi connectivity index (χ1) is 12.1. The Morgan fingerprint density at radius 2 is 1.68 bits per heavy atom. The van der Waals surface area contributed by atoms with Gasteiger partial charge in [-0.05, 0) is 55.5 Å². The van der Waals surface area contributed by atoms with Gasteiger partial charge >= 0.3 is 0 Å². The Bertz CT molecular complexity index is 736. The van der Waals surface area contributed by atoms with Crippen molar-refractivity contribution in [2.45, 2.75) is 31.7 Å². The van der Waals surface area contributed by atoms with E-state index in [0.717, 1.165) is 49.0 Å². The molecule has 2 aromatic carbocycles. The largest absolute Gasteiger partial charge is 0.325 e. The van der Waals surface area contributed by atoms with Crippen LogP contribution in [0.15, 0.2) is 48.5 Å². The van der Waals surface area contributed by atoms with Crippen molar-refractivity contribution in [3.63, 3.8) is 0 Å². The molecular formula is C19H21N3O3. The van der Waals surface area contributed by atoms with Crippen molar-refractivity contribution in [2.75, 3.05) is 11.9 Å². The molecule has 130 valence electrons. The van der Waals surface area contributed by atoms with Crippen LogP contribution in [0.1, 0.15) is 24.0 Å². The van der Waals surface area contributed by atoms with Crippen LogP contribution >= 0.6 is 0 Å². The first-order valence-electron chi connectivity index (χ1n) is 8.48. The Kier molecular flexibility index (Phi) is 5.40. The number of carbonyl (C=O) groups excluding carboxylic acids is 1. The number of carbonyl (C=O) groups is 1. The predicted molar refractivity (Wildman–Crippen MR) is 96.6 cm³/mol. The van der Waals surface area contributed by atoms with Gasteiger partial charge in [0.2, 0.25) is 5.91 Å². The lowest BCUT2D eigenvalue weighted by Gasteiger charge is -2.11. The van der Waals surface area contributed by atoms with Crippen LogP contribution in [-0.4, -0.2) is 23.4 Å². The molecule has 0 saturated carbocycles. The predicted octanol–water partition coefficient (Wildman–Crippen LogP) is 3.07. The zero-order valence-electron chi connectivity index (χ0n) is 13.9. The van der Waals surface area contributed by atoms with Crippen LogP contribution in [0.3, 0.4) is 0 Å². The van der Waals surface area contributed by atoms with Gasteiger partial charge in [0, 0.05) is 17.8 Å². The number of aryl methyl sites for hydroxylation is 2. The molecule has 0 radical (unpaired) electrons. The molecular weight excluding hydrogens is 318 g/mol. The van der Waals surface area contributed by atoms with Gasteiger partial charge in [-0.15, -0.1) is 0 Å². The van der Waals surface area contributed by atoms with E-state index < -0.39 is 4.92 Å². The Balaban J connectivity index is 1.51. The molecule has 0 spiro atoms. The summed E-state index contributed by atoms with van der Waals surface area (Å²) < 4.78 is 0. The highest BCUT2D eigenvalue weighted by molar-refractivity contribution is 5.95. The van der Waals surface area contributed by atoms with Crippen LogP contribution < -0.4 is 10.6 Å². The Hall–Kier alpha value is -2.73. The second kappa shape index (κ2) is 7.90. The molecule has 3 rings (SSSR count). The fourth-order valence-electron chi connectivity index (χ4n) is 2.97. The number of hydrogen-bond acceptors (Lipinski definition) is 4. The standard InChI is InChI=1S/C19H21N3O3/c23-19(18-2-1-13-20-18)21-16-9-5-14(6-10-16)3-4-15-7-11-17(12-8-15)22(24)25/h5-12,18,20H,1-4,13H2,(H,21,23). The van der Waals surface area contributed by atoms with Gasteiger partial charge in [-0.1, -0.05) is 24.3 Å². The molecule has 1 fully saturated rings. The van der Waals surface area contributed by atoms with Crippen molar-refractivity contribution >= 4 is 17.3 Å². The summed E-state index contributed by atoms with van der Waals surface area (Å²) in [5.74, 6) is 0.0242. The minimum Gasteiger partial charge on any atom is -0.325 e. The zero-order chi connectivity index (χ0) is 17.6. The SMILES string of the molecule is O=C(Nc1ccc(CCc2ccc([N+](=O)[O-])cc2)cc1)C1CCCN1. The van der Waals surface area contributed by atoms with Gasteiger partial charge in [-0.25, -0.2) is 0 Å². The Morgan fingerprint density at radius 1 is 1.08 bits per heavy atom. The van der Waals surface area contributed by atoms with Crippen LogP contribution in [0, 0.1) is 10.1 Å². The maximum Gasteiger partial charge on any atom is 0.269 e. The molecule has 1 saturated heterocycles. The average Bonchev–Trinajstić information content (AvgIpc) is 3.16. The molecule has 1 aliphatic heterocycles. The topological polar surface area (TPSA) is 84.3 Å².